The maximum absolute atomic E-state index is 11.1. The van der Waals surface area contributed by atoms with Gasteiger partial charge in [0.25, 0.3) is 0 Å². The Kier molecular flexibility index (Phi) is 6.23. The van der Waals surface area contributed by atoms with Crippen molar-refractivity contribution in [2.75, 3.05) is 31.1 Å². The highest BCUT2D eigenvalue weighted by molar-refractivity contribution is 5.87. The molecule has 4 N–H and O–H groups in total. The van der Waals surface area contributed by atoms with Gasteiger partial charge in [0.05, 0.1) is 17.2 Å². The molecular formula is C18H25N5O4. The first-order valence-electron chi connectivity index (χ1n) is 9.25. The van der Waals surface area contributed by atoms with Crippen molar-refractivity contribution in [1.82, 2.24) is 20.3 Å². The third-order valence-corrected chi connectivity index (χ3v) is 5.05. The van der Waals surface area contributed by atoms with E-state index in [1.807, 2.05) is 17.2 Å². The molecule has 2 atom stereocenters. The molecule has 2 aliphatic heterocycles. The Morgan fingerprint density at radius 2 is 1.89 bits per heavy atom. The minimum Gasteiger partial charge on any atom is -0.481 e. The number of carboxylic acid groups (broad SMARTS) is 2. The van der Waals surface area contributed by atoms with Crippen LogP contribution in [-0.2, 0) is 9.59 Å². The number of rotatable bonds is 3. The summed E-state index contributed by atoms with van der Waals surface area (Å²) in [4.78, 5) is 34.9. The van der Waals surface area contributed by atoms with Crippen LogP contribution >= 0.6 is 0 Å². The van der Waals surface area contributed by atoms with E-state index in [0.29, 0.717) is 13.1 Å². The fourth-order valence-electron chi connectivity index (χ4n) is 3.54. The van der Waals surface area contributed by atoms with Gasteiger partial charge in [-0.3, -0.25) is 9.59 Å². The Morgan fingerprint density at radius 1 is 1.11 bits per heavy atom. The molecule has 2 saturated heterocycles. The third kappa shape index (κ3) is 4.73. The molecule has 2 aromatic heterocycles. The topological polar surface area (TPSA) is 131 Å². The van der Waals surface area contributed by atoms with Gasteiger partial charge >= 0.3 is 11.9 Å². The first kappa shape index (κ1) is 19.1. The lowest BCUT2D eigenvalue weighted by Gasteiger charge is -2.31. The molecule has 146 valence electrons. The molecule has 4 rings (SSSR count). The van der Waals surface area contributed by atoms with E-state index in [0.717, 1.165) is 55.6 Å². The molecule has 27 heavy (non-hydrogen) atoms. The summed E-state index contributed by atoms with van der Waals surface area (Å²) in [5.74, 6) is -1.00. The minimum atomic E-state index is -0.723. The summed E-state index contributed by atoms with van der Waals surface area (Å²) in [6.45, 7) is 2.99. The molecule has 0 radical (unpaired) electrons. The largest absolute Gasteiger partial charge is 0.481 e. The summed E-state index contributed by atoms with van der Waals surface area (Å²) in [5, 5.41) is 21.6. The molecule has 2 aromatic rings. The fraction of sp³-hybridized carbons (Fsp3) is 0.556. The lowest BCUT2D eigenvalue weighted by molar-refractivity contribution is -0.143. The molecule has 2 fully saturated rings. The number of nitrogens with one attached hydrogen (secondary N) is 2. The number of hydrogen-bond donors (Lipinski definition) is 4. The minimum absolute atomic E-state index is 0.140. The van der Waals surface area contributed by atoms with Crippen molar-refractivity contribution in [3.63, 3.8) is 0 Å². The average molecular weight is 375 g/mol. The van der Waals surface area contributed by atoms with Crippen LogP contribution in [0.4, 0.5) is 5.82 Å². The lowest BCUT2D eigenvalue weighted by Crippen LogP contribution is -2.39. The average Bonchev–Trinajstić information content (AvgIpc) is 3.18. The number of aromatic amines is 1. The molecule has 4 heterocycles. The number of hydrogen-bond acceptors (Lipinski definition) is 6. The maximum Gasteiger partial charge on any atom is 0.308 e. The third-order valence-electron chi connectivity index (χ3n) is 5.05. The molecule has 2 aliphatic rings. The van der Waals surface area contributed by atoms with Gasteiger partial charge < -0.3 is 25.4 Å². The van der Waals surface area contributed by atoms with E-state index in [1.165, 1.54) is 6.33 Å². The second kappa shape index (κ2) is 8.81. The van der Waals surface area contributed by atoms with Crippen molar-refractivity contribution < 1.29 is 19.8 Å². The molecule has 9 heteroatoms. The number of aromatic nitrogens is 3. The van der Waals surface area contributed by atoms with Crippen molar-refractivity contribution in [2.24, 2.45) is 11.8 Å². The van der Waals surface area contributed by atoms with E-state index in [9.17, 15) is 9.59 Å². The molecule has 0 amide bonds. The zero-order valence-electron chi connectivity index (χ0n) is 15.1. The van der Waals surface area contributed by atoms with Crippen molar-refractivity contribution in [2.45, 2.75) is 25.7 Å². The summed E-state index contributed by atoms with van der Waals surface area (Å²) < 4.78 is 0. The number of H-pyrrole nitrogens is 1. The molecule has 9 nitrogen and oxygen atoms in total. The standard InChI is InChI=1S/C12H14N4O2.C6H11NO2/c17-12(18)8-2-1-5-16(6-8)11-9-3-4-13-10(9)14-7-15-11;8-6(9)5-2-1-3-7-4-5/h3-4,7-8H,1-2,5-6H2,(H,17,18)(H,13,14,15);5,7H,1-4H2,(H,8,9). The number of nitrogens with zero attached hydrogens (tertiary/aromatic N) is 3. The van der Waals surface area contributed by atoms with Crippen LogP contribution in [0.1, 0.15) is 25.7 Å². The highest BCUT2D eigenvalue weighted by Gasteiger charge is 2.27. The van der Waals surface area contributed by atoms with Gasteiger partial charge in [-0.15, -0.1) is 0 Å². The Labute approximate surface area is 156 Å². The van der Waals surface area contributed by atoms with E-state index in [4.69, 9.17) is 10.2 Å². The van der Waals surface area contributed by atoms with E-state index < -0.39 is 11.9 Å². The van der Waals surface area contributed by atoms with E-state index in [2.05, 4.69) is 20.3 Å². The SMILES string of the molecule is O=C(O)C1CCCN(c2ncnc3[nH]ccc23)C1.O=C(O)C1CCCNC1. The highest BCUT2D eigenvalue weighted by Crippen LogP contribution is 2.26. The normalized spacial score (nSPS) is 22.7. The summed E-state index contributed by atoms with van der Waals surface area (Å²) in [6.07, 6.45) is 6.79. The van der Waals surface area contributed by atoms with E-state index in [1.54, 1.807) is 0 Å². The van der Waals surface area contributed by atoms with Crippen LogP contribution in [0, 0.1) is 11.8 Å². The summed E-state index contributed by atoms with van der Waals surface area (Å²) in [5.41, 5.74) is 0.789. The predicted octanol–water partition coefficient (Wildman–Crippen LogP) is 1.33. The summed E-state index contributed by atoms with van der Waals surface area (Å²) in [7, 11) is 0. The van der Waals surface area contributed by atoms with Gasteiger partial charge in [-0.1, -0.05) is 0 Å². The van der Waals surface area contributed by atoms with E-state index >= 15 is 0 Å². The number of carboxylic acids is 2. The molecular weight excluding hydrogens is 350 g/mol. The highest BCUT2D eigenvalue weighted by atomic mass is 16.4. The Hall–Kier alpha value is -2.68. The molecule has 0 saturated carbocycles. The molecule has 2 unspecified atom stereocenters. The number of aliphatic carboxylic acids is 2. The molecule has 0 aliphatic carbocycles. The van der Waals surface area contributed by atoms with Gasteiger partial charge in [0.2, 0.25) is 0 Å². The number of anilines is 1. The number of piperidine rings is 2. The van der Waals surface area contributed by atoms with Crippen LogP contribution in [-0.4, -0.2) is 63.3 Å². The smallest absolute Gasteiger partial charge is 0.308 e. The van der Waals surface area contributed by atoms with Crippen molar-refractivity contribution >= 4 is 28.8 Å². The van der Waals surface area contributed by atoms with Gasteiger partial charge in [-0.25, -0.2) is 9.97 Å². The quantitative estimate of drug-likeness (QED) is 0.632. The van der Waals surface area contributed by atoms with Gasteiger partial charge in [0.15, 0.2) is 0 Å². The number of carbonyl (C=O) groups is 2. The first-order valence-corrected chi connectivity index (χ1v) is 9.25. The molecule has 0 aromatic carbocycles. The Morgan fingerprint density at radius 3 is 2.56 bits per heavy atom. The van der Waals surface area contributed by atoms with Crippen LogP contribution in [0.5, 0.6) is 0 Å². The zero-order chi connectivity index (χ0) is 19.2. The fourth-order valence-corrected chi connectivity index (χ4v) is 3.54. The van der Waals surface area contributed by atoms with Crippen molar-refractivity contribution in [3.05, 3.63) is 18.6 Å². The Bertz CT molecular complexity index is 787. The van der Waals surface area contributed by atoms with Gasteiger partial charge in [0, 0.05) is 25.8 Å². The molecule has 0 bridgehead atoms. The van der Waals surface area contributed by atoms with Gasteiger partial charge in [-0.2, -0.15) is 0 Å². The van der Waals surface area contributed by atoms with Crippen LogP contribution in [0.25, 0.3) is 11.0 Å². The number of fused-ring (bicyclic) bond motifs is 1. The lowest BCUT2D eigenvalue weighted by atomic mass is 9.98. The predicted molar refractivity (Wildman–Crippen MR) is 99.7 cm³/mol. The summed E-state index contributed by atoms with van der Waals surface area (Å²) in [6, 6.07) is 1.93. The van der Waals surface area contributed by atoms with E-state index in [-0.39, 0.29) is 11.8 Å². The van der Waals surface area contributed by atoms with Crippen LogP contribution in [0.2, 0.25) is 0 Å². The van der Waals surface area contributed by atoms with Gasteiger partial charge in [0.1, 0.15) is 17.8 Å². The van der Waals surface area contributed by atoms with Crippen LogP contribution in [0.3, 0.4) is 0 Å². The molecule has 0 spiro atoms. The zero-order valence-corrected chi connectivity index (χ0v) is 15.1. The maximum atomic E-state index is 11.1. The monoisotopic (exact) mass is 375 g/mol. The van der Waals surface area contributed by atoms with Crippen molar-refractivity contribution in [3.8, 4) is 0 Å². The summed E-state index contributed by atoms with van der Waals surface area (Å²) >= 11 is 0. The van der Waals surface area contributed by atoms with Crippen LogP contribution in [0.15, 0.2) is 18.6 Å². The van der Waals surface area contributed by atoms with Gasteiger partial charge in [-0.05, 0) is 38.3 Å². The Balaban J connectivity index is 0.000000197. The van der Waals surface area contributed by atoms with Crippen molar-refractivity contribution in [1.29, 1.82) is 0 Å². The second-order valence-corrected chi connectivity index (χ2v) is 6.94. The second-order valence-electron chi connectivity index (χ2n) is 6.94. The van der Waals surface area contributed by atoms with Crippen LogP contribution < -0.4 is 10.2 Å². The first-order chi connectivity index (χ1) is 13.1.